The summed E-state index contributed by atoms with van der Waals surface area (Å²) in [7, 11) is 0. The Balaban J connectivity index is 2.34. The van der Waals surface area contributed by atoms with Crippen LogP contribution < -0.4 is 0 Å². The molecule has 0 aromatic heterocycles. The van der Waals surface area contributed by atoms with E-state index in [1.165, 1.54) is 0 Å². The molecule has 16 heavy (non-hydrogen) atoms. The molecule has 1 aliphatic carbocycles. The molecule has 0 heterocycles. The topological polar surface area (TPSA) is 40.5 Å². The monoisotopic (exact) mass is 212 g/mol. The van der Waals surface area contributed by atoms with Crippen LogP contribution in [-0.2, 0) is 0 Å². The molecule has 0 saturated carbocycles. The van der Waals surface area contributed by atoms with Gasteiger partial charge in [0.05, 0.1) is 0 Å². The second-order valence-corrected chi connectivity index (χ2v) is 4.08. The SMILES string of the molecule is OC1C=Cc2c(ccc3ccccc23)C1O. The Bertz CT molecular complexity index is 572. The van der Waals surface area contributed by atoms with Crippen LogP contribution in [0.3, 0.4) is 0 Å². The van der Waals surface area contributed by atoms with E-state index >= 15 is 0 Å². The first kappa shape index (κ1) is 9.58. The number of hydrogen-bond donors (Lipinski definition) is 2. The van der Waals surface area contributed by atoms with Crippen molar-refractivity contribution in [3.63, 3.8) is 0 Å². The number of rotatable bonds is 0. The van der Waals surface area contributed by atoms with Crippen LogP contribution in [0.5, 0.6) is 0 Å². The summed E-state index contributed by atoms with van der Waals surface area (Å²) in [5.41, 5.74) is 1.81. The first-order chi connectivity index (χ1) is 7.77. The van der Waals surface area contributed by atoms with Gasteiger partial charge >= 0.3 is 0 Å². The van der Waals surface area contributed by atoms with Gasteiger partial charge in [-0.15, -0.1) is 0 Å². The van der Waals surface area contributed by atoms with Gasteiger partial charge in [-0.1, -0.05) is 48.6 Å². The predicted molar refractivity (Wildman–Crippen MR) is 63.9 cm³/mol. The van der Waals surface area contributed by atoms with Crippen LogP contribution >= 0.6 is 0 Å². The quantitative estimate of drug-likeness (QED) is 0.703. The van der Waals surface area contributed by atoms with E-state index in [1.54, 1.807) is 6.08 Å². The molecule has 2 aromatic rings. The third kappa shape index (κ3) is 1.28. The van der Waals surface area contributed by atoms with Gasteiger partial charge in [-0.25, -0.2) is 0 Å². The van der Waals surface area contributed by atoms with E-state index in [0.29, 0.717) is 0 Å². The van der Waals surface area contributed by atoms with E-state index in [1.807, 2.05) is 42.5 Å². The molecule has 0 amide bonds. The van der Waals surface area contributed by atoms with Gasteiger partial charge in [-0.3, -0.25) is 0 Å². The molecule has 2 aromatic carbocycles. The minimum Gasteiger partial charge on any atom is -0.386 e. The third-order valence-corrected chi connectivity index (χ3v) is 3.11. The molecule has 0 radical (unpaired) electrons. The molecule has 2 atom stereocenters. The van der Waals surface area contributed by atoms with Crippen molar-refractivity contribution in [2.24, 2.45) is 0 Å². The van der Waals surface area contributed by atoms with E-state index in [2.05, 4.69) is 0 Å². The highest BCUT2D eigenvalue weighted by Crippen LogP contribution is 2.33. The fourth-order valence-electron chi connectivity index (χ4n) is 2.24. The minimum atomic E-state index is -0.815. The highest BCUT2D eigenvalue weighted by molar-refractivity contribution is 5.92. The summed E-state index contributed by atoms with van der Waals surface area (Å²) in [5, 5.41) is 21.7. The summed E-state index contributed by atoms with van der Waals surface area (Å²) >= 11 is 0. The third-order valence-electron chi connectivity index (χ3n) is 3.11. The molecule has 0 bridgehead atoms. The molecule has 0 saturated heterocycles. The van der Waals surface area contributed by atoms with Gasteiger partial charge in [0.2, 0.25) is 0 Å². The zero-order chi connectivity index (χ0) is 11.1. The van der Waals surface area contributed by atoms with Gasteiger partial charge < -0.3 is 10.2 Å². The number of fused-ring (bicyclic) bond motifs is 3. The Labute approximate surface area is 93.5 Å². The Kier molecular flexibility index (Phi) is 2.06. The standard InChI is InChI=1S/C14H12O2/c15-13-8-7-11-10-4-2-1-3-9(10)5-6-12(11)14(13)16/h1-8,13-16H. The van der Waals surface area contributed by atoms with Crippen LogP contribution in [-0.4, -0.2) is 16.3 Å². The van der Waals surface area contributed by atoms with Crippen molar-refractivity contribution in [1.29, 1.82) is 0 Å². The molecule has 2 N–H and O–H groups in total. The molecule has 3 rings (SSSR count). The molecule has 2 heteroatoms. The maximum atomic E-state index is 9.89. The van der Waals surface area contributed by atoms with Gasteiger partial charge in [0.25, 0.3) is 0 Å². The summed E-state index contributed by atoms with van der Waals surface area (Å²) in [6.45, 7) is 0. The number of aliphatic hydroxyl groups is 2. The van der Waals surface area contributed by atoms with Crippen molar-refractivity contribution in [3.05, 3.63) is 53.6 Å². The molecular formula is C14H12O2. The van der Waals surface area contributed by atoms with Crippen LogP contribution in [0.2, 0.25) is 0 Å². The van der Waals surface area contributed by atoms with Crippen LogP contribution in [0.15, 0.2) is 42.5 Å². The lowest BCUT2D eigenvalue weighted by Gasteiger charge is -2.22. The van der Waals surface area contributed by atoms with Crippen LogP contribution in [0.4, 0.5) is 0 Å². The maximum absolute atomic E-state index is 9.89. The fourth-order valence-corrected chi connectivity index (χ4v) is 2.24. The van der Waals surface area contributed by atoms with Gasteiger partial charge in [0.1, 0.15) is 12.2 Å². The normalized spacial score (nSPS) is 23.4. The predicted octanol–water partition coefficient (Wildman–Crippen LogP) is 2.26. The van der Waals surface area contributed by atoms with Crippen molar-refractivity contribution in [1.82, 2.24) is 0 Å². The van der Waals surface area contributed by atoms with Crippen molar-refractivity contribution < 1.29 is 10.2 Å². The summed E-state index contributed by atoms with van der Waals surface area (Å²) in [6.07, 6.45) is 1.91. The smallest absolute Gasteiger partial charge is 0.109 e. The number of aliphatic hydroxyl groups excluding tert-OH is 2. The first-order valence-corrected chi connectivity index (χ1v) is 5.33. The Morgan fingerprint density at radius 1 is 0.938 bits per heavy atom. The van der Waals surface area contributed by atoms with Crippen LogP contribution in [0, 0.1) is 0 Å². The highest BCUT2D eigenvalue weighted by atomic mass is 16.3. The fraction of sp³-hybridized carbons (Fsp3) is 0.143. The Morgan fingerprint density at radius 2 is 1.75 bits per heavy atom. The number of hydrogen-bond acceptors (Lipinski definition) is 2. The second-order valence-electron chi connectivity index (χ2n) is 4.08. The van der Waals surface area contributed by atoms with E-state index in [0.717, 1.165) is 21.9 Å². The van der Waals surface area contributed by atoms with Crippen LogP contribution in [0.25, 0.3) is 16.8 Å². The second kappa shape index (κ2) is 3.44. The van der Waals surface area contributed by atoms with E-state index in [-0.39, 0.29) is 0 Å². The molecule has 0 spiro atoms. The van der Waals surface area contributed by atoms with Crippen molar-refractivity contribution in [2.75, 3.05) is 0 Å². The Morgan fingerprint density at radius 3 is 2.62 bits per heavy atom. The first-order valence-electron chi connectivity index (χ1n) is 5.33. The molecule has 2 unspecified atom stereocenters. The van der Waals surface area contributed by atoms with E-state index in [4.69, 9.17) is 0 Å². The van der Waals surface area contributed by atoms with Gasteiger partial charge in [0, 0.05) is 0 Å². The summed E-state index contributed by atoms with van der Waals surface area (Å²) < 4.78 is 0. The average Bonchev–Trinajstić information content (AvgIpc) is 2.33. The van der Waals surface area contributed by atoms with Crippen LogP contribution in [0.1, 0.15) is 17.2 Å². The zero-order valence-corrected chi connectivity index (χ0v) is 8.67. The van der Waals surface area contributed by atoms with Crippen molar-refractivity contribution in [3.8, 4) is 0 Å². The summed E-state index contributed by atoms with van der Waals surface area (Å²) in [5.74, 6) is 0. The van der Waals surface area contributed by atoms with Gasteiger partial charge in [-0.05, 0) is 21.9 Å². The van der Waals surface area contributed by atoms with Gasteiger partial charge in [0.15, 0.2) is 0 Å². The van der Waals surface area contributed by atoms with E-state index < -0.39 is 12.2 Å². The van der Waals surface area contributed by atoms with Gasteiger partial charge in [-0.2, -0.15) is 0 Å². The molecule has 2 nitrogen and oxygen atoms in total. The molecular weight excluding hydrogens is 200 g/mol. The van der Waals surface area contributed by atoms with Crippen molar-refractivity contribution >= 4 is 16.8 Å². The average molecular weight is 212 g/mol. The largest absolute Gasteiger partial charge is 0.386 e. The maximum Gasteiger partial charge on any atom is 0.109 e. The molecule has 0 aliphatic heterocycles. The number of benzene rings is 2. The lowest BCUT2D eigenvalue weighted by atomic mass is 9.89. The minimum absolute atomic E-state index is 0.798. The van der Waals surface area contributed by atoms with E-state index in [9.17, 15) is 10.2 Å². The Hall–Kier alpha value is -1.64. The highest BCUT2D eigenvalue weighted by Gasteiger charge is 2.22. The molecule has 1 aliphatic rings. The van der Waals surface area contributed by atoms with Crippen molar-refractivity contribution in [2.45, 2.75) is 12.2 Å². The lowest BCUT2D eigenvalue weighted by Crippen LogP contribution is -2.19. The molecule has 80 valence electrons. The zero-order valence-electron chi connectivity index (χ0n) is 8.67. The molecule has 0 fully saturated rings. The summed E-state index contributed by atoms with van der Waals surface area (Å²) in [4.78, 5) is 0. The lowest BCUT2D eigenvalue weighted by molar-refractivity contribution is 0.0471. The summed E-state index contributed by atoms with van der Waals surface area (Å²) in [6, 6.07) is 11.9.